The van der Waals surface area contributed by atoms with Crippen LogP contribution in [0.3, 0.4) is 0 Å². The zero-order chi connectivity index (χ0) is 11.9. The molecule has 0 atom stereocenters. The van der Waals surface area contributed by atoms with Crippen LogP contribution < -0.4 is 4.74 Å². The Labute approximate surface area is 97.1 Å². The molecule has 0 N–H and O–H groups in total. The van der Waals surface area contributed by atoms with Gasteiger partial charge in [0.05, 0.1) is 6.61 Å². The second-order valence-corrected chi connectivity index (χ2v) is 4.29. The van der Waals surface area contributed by atoms with Crippen molar-refractivity contribution in [1.82, 2.24) is 0 Å². The molecule has 4 nitrogen and oxygen atoms in total. The van der Waals surface area contributed by atoms with E-state index in [9.17, 15) is 9.18 Å². The first-order chi connectivity index (χ1) is 8.25. The van der Waals surface area contributed by atoms with Crippen molar-refractivity contribution < 1.29 is 18.7 Å². The second kappa shape index (κ2) is 3.65. The van der Waals surface area contributed by atoms with E-state index in [1.165, 1.54) is 12.1 Å². The van der Waals surface area contributed by atoms with E-state index in [1.807, 2.05) is 0 Å². The van der Waals surface area contributed by atoms with E-state index in [-0.39, 0.29) is 12.6 Å². The Morgan fingerprint density at radius 1 is 1.41 bits per heavy atom. The van der Waals surface area contributed by atoms with E-state index in [1.54, 1.807) is 6.08 Å². The topological polar surface area (TPSA) is 47.9 Å². The lowest BCUT2D eigenvalue weighted by molar-refractivity contribution is -0.0175. The highest BCUT2D eigenvalue weighted by molar-refractivity contribution is 5.51. The molecule has 1 aliphatic heterocycles. The number of aliphatic imine (C=N–C) groups is 1. The van der Waals surface area contributed by atoms with Gasteiger partial charge in [0, 0.05) is 11.1 Å². The predicted octanol–water partition coefficient (Wildman–Crippen LogP) is 2.02. The number of hydrogen-bond acceptors (Lipinski definition) is 4. The van der Waals surface area contributed by atoms with Crippen molar-refractivity contribution in [2.75, 3.05) is 6.79 Å². The quantitative estimate of drug-likeness (QED) is 0.582. The number of ether oxygens (including phenoxy) is 2. The summed E-state index contributed by atoms with van der Waals surface area (Å²) in [4.78, 5) is 14.2. The van der Waals surface area contributed by atoms with Crippen LogP contribution in [0.5, 0.6) is 5.75 Å². The van der Waals surface area contributed by atoms with Crippen LogP contribution >= 0.6 is 0 Å². The summed E-state index contributed by atoms with van der Waals surface area (Å²) in [6.45, 7) is 0.466. The average Bonchev–Trinajstić information content (AvgIpc) is 3.09. The zero-order valence-corrected chi connectivity index (χ0v) is 9.03. The van der Waals surface area contributed by atoms with Crippen molar-refractivity contribution in [3.8, 4) is 5.75 Å². The van der Waals surface area contributed by atoms with Gasteiger partial charge in [-0.2, -0.15) is 4.99 Å². The smallest absolute Gasteiger partial charge is 0.235 e. The van der Waals surface area contributed by atoms with Gasteiger partial charge in [0.25, 0.3) is 0 Å². The minimum Gasteiger partial charge on any atom is -0.467 e. The van der Waals surface area contributed by atoms with Crippen LogP contribution in [0.4, 0.5) is 4.39 Å². The molecule has 2 aliphatic rings. The Morgan fingerprint density at radius 2 is 2.24 bits per heavy atom. The van der Waals surface area contributed by atoms with Gasteiger partial charge in [-0.15, -0.1) is 0 Å². The van der Waals surface area contributed by atoms with E-state index < -0.39 is 5.54 Å². The highest BCUT2D eigenvalue weighted by Gasteiger charge is 2.48. The van der Waals surface area contributed by atoms with Gasteiger partial charge >= 0.3 is 0 Å². The third-order valence-corrected chi connectivity index (χ3v) is 3.16. The van der Waals surface area contributed by atoms with Crippen molar-refractivity contribution in [2.45, 2.75) is 25.0 Å². The molecule has 1 saturated carbocycles. The number of carbonyl (C=O) groups excluding carboxylic acids is 1. The molecule has 17 heavy (non-hydrogen) atoms. The van der Waals surface area contributed by atoms with Crippen LogP contribution in [-0.4, -0.2) is 12.9 Å². The predicted molar refractivity (Wildman–Crippen MR) is 55.7 cm³/mol. The van der Waals surface area contributed by atoms with E-state index in [2.05, 4.69) is 4.99 Å². The largest absolute Gasteiger partial charge is 0.467 e. The molecule has 0 amide bonds. The molecule has 1 aromatic rings. The van der Waals surface area contributed by atoms with Crippen molar-refractivity contribution >= 4 is 6.08 Å². The molecule has 1 aromatic carbocycles. The van der Waals surface area contributed by atoms with Gasteiger partial charge in [-0.3, -0.25) is 0 Å². The fourth-order valence-electron chi connectivity index (χ4n) is 2.17. The molecule has 1 aliphatic carbocycles. The van der Waals surface area contributed by atoms with Crippen LogP contribution in [-0.2, 0) is 21.7 Å². The van der Waals surface area contributed by atoms with Gasteiger partial charge in [0.1, 0.15) is 17.1 Å². The van der Waals surface area contributed by atoms with Gasteiger partial charge in [-0.1, -0.05) is 0 Å². The molecule has 0 saturated heterocycles. The standard InChI is InChI=1S/C12H10FNO3/c13-9-3-8-5-16-7-17-11(8)10(4-9)12(1-2-12)14-6-15/h3-4H,1-2,5,7H2. The van der Waals surface area contributed by atoms with Gasteiger partial charge in [0.15, 0.2) is 6.79 Å². The molecule has 1 fully saturated rings. The summed E-state index contributed by atoms with van der Waals surface area (Å²) in [5.74, 6) is 0.245. The van der Waals surface area contributed by atoms with Crippen molar-refractivity contribution in [3.05, 3.63) is 29.1 Å². The maximum absolute atomic E-state index is 13.5. The summed E-state index contributed by atoms with van der Waals surface area (Å²) < 4.78 is 24.0. The molecule has 3 rings (SSSR count). The van der Waals surface area contributed by atoms with Gasteiger partial charge in [0.2, 0.25) is 6.08 Å². The molecule has 0 unspecified atom stereocenters. The SMILES string of the molecule is O=C=NC1(c2cc(F)cc3c2OCOC3)CC1. The third-order valence-electron chi connectivity index (χ3n) is 3.16. The normalized spacial score (nSPS) is 19.8. The molecule has 1 heterocycles. The highest BCUT2D eigenvalue weighted by Crippen LogP contribution is 2.53. The molecule has 5 heteroatoms. The van der Waals surface area contributed by atoms with E-state index >= 15 is 0 Å². The number of fused-ring (bicyclic) bond motifs is 1. The van der Waals surface area contributed by atoms with Crippen LogP contribution in [0.25, 0.3) is 0 Å². The van der Waals surface area contributed by atoms with E-state index in [0.717, 1.165) is 12.8 Å². The molecular weight excluding hydrogens is 225 g/mol. The fourth-order valence-corrected chi connectivity index (χ4v) is 2.17. The maximum atomic E-state index is 13.5. The number of halogens is 1. The van der Waals surface area contributed by atoms with Crippen molar-refractivity contribution in [2.24, 2.45) is 4.99 Å². The Balaban J connectivity index is 2.16. The lowest BCUT2D eigenvalue weighted by atomic mass is 10.00. The number of hydrogen-bond donors (Lipinski definition) is 0. The summed E-state index contributed by atoms with van der Waals surface area (Å²) in [6.07, 6.45) is 3.01. The van der Waals surface area contributed by atoms with Crippen LogP contribution in [0.1, 0.15) is 24.0 Å². The zero-order valence-electron chi connectivity index (χ0n) is 9.03. The molecular formula is C12H10FNO3. The maximum Gasteiger partial charge on any atom is 0.235 e. The molecule has 0 radical (unpaired) electrons. The Hall–Kier alpha value is -1.71. The van der Waals surface area contributed by atoms with E-state index in [0.29, 0.717) is 23.5 Å². The van der Waals surface area contributed by atoms with Gasteiger partial charge in [-0.05, 0) is 25.0 Å². The first-order valence-electron chi connectivity index (χ1n) is 5.38. The van der Waals surface area contributed by atoms with Gasteiger partial charge in [-0.25, -0.2) is 9.18 Å². The number of benzene rings is 1. The Morgan fingerprint density at radius 3 is 2.94 bits per heavy atom. The molecule has 0 bridgehead atoms. The van der Waals surface area contributed by atoms with Crippen molar-refractivity contribution in [3.63, 3.8) is 0 Å². The van der Waals surface area contributed by atoms with Crippen LogP contribution in [0, 0.1) is 5.82 Å². The monoisotopic (exact) mass is 235 g/mol. The minimum atomic E-state index is -0.620. The molecule has 0 spiro atoms. The molecule has 0 aromatic heterocycles. The number of rotatable bonds is 2. The number of nitrogens with zero attached hydrogens (tertiary/aromatic N) is 1. The lowest BCUT2D eigenvalue weighted by Crippen LogP contribution is -2.16. The Kier molecular flexibility index (Phi) is 2.24. The Bertz CT molecular complexity index is 519. The van der Waals surface area contributed by atoms with E-state index in [4.69, 9.17) is 9.47 Å². The summed E-state index contributed by atoms with van der Waals surface area (Å²) in [5.41, 5.74) is 0.684. The lowest BCUT2D eigenvalue weighted by Gasteiger charge is -2.22. The third kappa shape index (κ3) is 1.64. The summed E-state index contributed by atoms with van der Waals surface area (Å²) in [5, 5.41) is 0. The number of isocyanates is 1. The summed E-state index contributed by atoms with van der Waals surface area (Å²) in [6, 6.07) is 2.77. The molecule has 88 valence electrons. The summed E-state index contributed by atoms with van der Waals surface area (Å²) in [7, 11) is 0. The first kappa shape index (κ1) is 10.4. The summed E-state index contributed by atoms with van der Waals surface area (Å²) >= 11 is 0. The minimum absolute atomic E-state index is 0.145. The fraction of sp³-hybridized carbons (Fsp3) is 0.417. The van der Waals surface area contributed by atoms with Crippen molar-refractivity contribution in [1.29, 1.82) is 0 Å². The highest BCUT2D eigenvalue weighted by atomic mass is 19.1. The average molecular weight is 235 g/mol. The van der Waals surface area contributed by atoms with Crippen LogP contribution in [0.15, 0.2) is 17.1 Å². The second-order valence-electron chi connectivity index (χ2n) is 4.29. The van der Waals surface area contributed by atoms with Crippen LogP contribution in [0.2, 0.25) is 0 Å². The first-order valence-corrected chi connectivity index (χ1v) is 5.38. The van der Waals surface area contributed by atoms with Gasteiger partial charge < -0.3 is 9.47 Å².